The molecule has 3 rings (SSSR count). The summed E-state index contributed by atoms with van der Waals surface area (Å²) in [6.07, 6.45) is 7.24. The fraction of sp³-hybridized carbons (Fsp3) is 0.261. The van der Waals surface area contributed by atoms with Crippen molar-refractivity contribution in [3.05, 3.63) is 83.6 Å². The molecule has 1 heteroatoms. The van der Waals surface area contributed by atoms with Crippen molar-refractivity contribution in [3.63, 3.8) is 0 Å². The monoisotopic (exact) mass is 315 g/mol. The third kappa shape index (κ3) is 3.91. The van der Waals surface area contributed by atoms with Gasteiger partial charge in [-0.1, -0.05) is 67.6 Å². The van der Waals surface area contributed by atoms with E-state index >= 15 is 0 Å². The van der Waals surface area contributed by atoms with Crippen molar-refractivity contribution in [3.8, 4) is 11.1 Å². The van der Waals surface area contributed by atoms with Gasteiger partial charge in [0.25, 0.3) is 0 Å². The highest BCUT2D eigenvalue weighted by atomic mass is 14.7. The molecule has 0 aromatic heterocycles. The molecule has 1 nitrogen and oxygen atoms in total. The molecule has 122 valence electrons. The Morgan fingerprint density at radius 1 is 1.04 bits per heavy atom. The largest absolute Gasteiger partial charge is 0.264 e. The molecule has 0 radical (unpaired) electrons. The molecule has 2 aromatic carbocycles. The summed E-state index contributed by atoms with van der Waals surface area (Å²) in [6, 6.07) is 17.7. The lowest BCUT2D eigenvalue weighted by Gasteiger charge is -2.13. The Morgan fingerprint density at radius 2 is 1.83 bits per heavy atom. The molecule has 0 N–H and O–H groups in total. The van der Waals surface area contributed by atoms with Crippen LogP contribution in [0, 0.1) is 6.92 Å². The minimum absolute atomic E-state index is 0.577. The molecule has 1 aliphatic rings. The van der Waals surface area contributed by atoms with Gasteiger partial charge in [0.2, 0.25) is 0 Å². The van der Waals surface area contributed by atoms with Crippen molar-refractivity contribution < 1.29 is 0 Å². The summed E-state index contributed by atoms with van der Waals surface area (Å²) in [5.74, 6) is 0.577. The zero-order chi connectivity index (χ0) is 16.9. The van der Waals surface area contributed by atoms with E-state index in [2.05, 4.69) is 73.9 Å². The number of hydrogen-bond acceptors (Lipinski definition) is 1. The maximum Gasteiger partial charge on any atom is 0.0337 e. The number of aryl methyl sites for hydroxylation is 1. The summed E-state index contributed by atoms with van der Waals surface area (Å²) in [7, 11) is 0. The van der Waals surface area contributed by atoms with E-state index in [1.807, 2.05) is 12.4 Å². The first-order valence-electron chi connectivity index (χ1n) is 8.72. The quantitative estimate of drug-likeness (QED) is 0.580. The van der Waals surface area contributed by atoms with E-state index < -0.39 is 0 Å². The van der Waals surface area contributed by atoms with Crippen LogP contribution in [0.5, 0.6) is 0 Å². The Hall–Kier alpha value is -2.41. The van der Waals surface area contributed by atoms with E-state index in [9.17, 15) is 0 Å². The molecule has 0 saturated carbocycles. The van der Waals surface area contributed by atoms with Gasteiger partial charge in [-0.15, -0.1) is 0 Å². The minimum atomic E-state index is 0.577. The molecule has 0 aliphatic carbocycles. The third-order valence-corrected chi connectivity index (χ3v) is 4.79. The highest BCUT2D eigenvalue weighted by Gasteiger charge is 2.09. The maximum atomic E-state index is 4.16. The van der Waals surface area contributed by atoms with Gasteiger partial charge in [-0.25, -0.2) is 0 Å². The van der Waals surface area contributed by atoms with Crippen LogP contribution in [0.3, 0.4) is 0 Å². The molecule has 0 bridgehead atoms. The molecule has 24 heavy (non-hydrogen) atoms. The molecule has 1 aliphatic heterocycles. The lowest BCUT2D eigenvalue weighted by atomic mass is 9.92. The molecule has 0 fully saturated rings. The first-order chi connectivity index (χ1) is 11.6. The standard InChI is InChI=1S/C23H25N/c1-17-6-4-8-22(14-17)21-12-10-20(11-13-21)18(2)7-5-9-23-16-24-15-19(23)3/h4,6,8,10-16,18H,3,5,7,9H2,1-2H3. The van der Waals surface area contributed by atoms with Crippen LogP contribution < -0.4 is 0 Å². The first-order valence-corrected chi connectivity index (χ1v) is 8.72. The minimum Gasteiger partial charge on any atom is -0.264 e. The Kier molecular flexibility index (Phi) is 5.10. The first kappa shape index (κ1) is 16.4. The van der Waals surface area contributed by atoms with E-state index in [0.29, 0.717) is 5.92 Å². The SMILES string of the molecule is C=C1C=NC=C1CCCC(C)c1ccc(-c2cccc(C)c2)cc1. The smallest absolute Gasteiger partial charge is 0.0337 e. The number of nitrogens with zero attached hydrogens (tertiary/aromatic N) is 1. The fourth-order valence-corrected chi connectivity index (χ4v) is 3.20. The number of hydrogen-bond donors (Lipinski definition) is 0. The predicted molar refractivity (Wildman–Crippen MR) is 105 cm³/mol. The zero-order valence-electron chi connectivity index (χ0n) is 14.6. The van der Waals surface area contributed by atoms with Gasteiger partial charge in [0.1, 0.15) is 0 Å². The van der Waals surface area contributed by atoms with Crippen molar-refractivity contribution in [1.29, 1.82) is 0 Å². The van der Waals surface area contributed by atoms with E-state index in [1.54, 1.807) is 0 Å². The van der Waals surface area contributed by atoms with Crippen LogP contribution >= 0.6 is 0 Å². The normalized spacial score (nSPS) is 14.8. The van der Waals surface area contributed by atoms with E-state index in [-0.39, 0.29) is 0 Å². The second-order valence-corrected chi connectivity index (χ2v) is 6.74. The summed E-state index contributed by atoms with van der Waals surface area (Å²) >= 11 is 0. The van der Waals surface area contributed by atoms with Crippen molar-refractivity contribution in [1.82, 2.24) is 0 Å². The van der Waals surface area contributed by atoms with Gasteiger partial charge in [-0.3, -0.25) is 4.99 Å². The van der Waals surface area contributed by atoms with Crippen molar-refractivity contribution >= 4 is 6.21 Å². The Labute approximate surface area is 145 Å². The Balaban J connectivity index is 1.57. The van der Waals surface area contributed by atoms with Gasteiger partial charge >= 0.3 is 0 Å². The van der Waals surface area contributed by atoms with E-state index in [1.165, 1.54) is 40.7 Å². The van der Waals surface area contributed by atoms with Gasteiger partial charge in [0, 0.05) is 12.4 Å². The molecule has 1 unspecified atom stereocenters. The highest BCUT2D eigenvalue weighted by Crippen LogP contribution is 2.27. The zero-order valence-corrected chi connectivity index (χ0v) is 14.6. The van der Waals surface area contributed by atoms with Crippen LogP contribution in [0.4, 0.5) is 0 Å². The fourth-order valence-electron chi connectivity index (χ4n) is 3.20. The summed E-state index contributed by atoms with van der Waals surface area (Å²) in [6.45, 7) is 8.47. The van der Waals surface area contributed by atoms with Gasteiger partial charge in [-0.2, -0.15) is 0 Å². The maximum absolute atomic E-state index is 4.16. The van der Waals surface area contributed by atoms with Crippen LogP contribution in [-0.2, 0) is 0 Å². The van der Waals surface area contributed by atoms with E-state index in [0.717, 1.165) is 12.0 Å². The molecule has 1 atom stereocenters. The summed E-state index contributed by atoms with van der Waals surface area (Å²) in [5.41, 5.74) is 7.67. The molecule has 0 amide bonds. The average Bonchev–Trinajstić information content (AvgIpc) is 3.00. The molecule has 0 saturated heterocycles. The van der Waals surface area contributed by atoms with Crippen LogP contribution in [0.15, 0.2) is 77.4 Å². The van der Waals surface area contributed by atoms with Crippen LogP contribution in [-0.4, -0.2) is 6.21 Å². The predicted octanol–water partition coefficient (Wildman–Crippen LogP) is 6.46. The van der Waals surface area contributed by atoms with Crippen LogP contribution in [0.25, 0.3) is 11.1 Å². The van der Waals surface area contributed by atoms with Crippen molar-refractivity contribution in [2.24, 2.45) is 4.99 Å². The summed E-state index contributed by atoms with van der Waals surface area (Å²) in [5, 5.41) is 0. The number of benzene rings is 2. The van der Waals surface area contributed by atoms with Gasteiger partial charge < -0.3 is 0 Å². The lowest BCUT2D eigenvalue weighted by molar-refractivity contribution is 0.634. The second-order valence-electron chi connectivity index (χ2n) is 6.74. The lowest BCUT2D eigenvalue weighted by Crippen LogP contribution is -1.95. The third-order valence-electron chi connectivity index (χ3n) is 4.79. The van der Waals surface area contributed by atoms with Gasteiger partial charge in [0.15, 0.2) is 0 Å². The summed E-state index contributed by atoms with van der Waals surface area (Å²) < 4.78 is 0. The van der Waals surface area contributed by atoms with Crippen LogP contribution in [0.1, 0.15) is 43.2 Å². The number of rotatable bonds is 6. The molecule has 2 aromatic rings. The van der Waals surface area contributed by atoms with Crippen LogP contribution in [0.2, 0.25) is 0 Å². The molecular formula is C23H25N. The highest BCUT2D eigenvalue weighted by molar-refractivity contribution is 5.87. The number of aliphatic imine (C=N–C) groups is 1. The van der Waals surface area contributed by atoms with Gasteiger partial charge in [-0.05, 0) is 59.9 Å². The Morgan fingerprint density at radius 3 is 2.50 bits per heavy atom. The second kappa shape index (κ2) is 7.44. The van der Waals surface area contributed by atoms with Gasteiger partial charge in [0.05, 0.1) is 0 Å². The Bertz CT molecular complexity index is 778. The van der Waals surface area contributed by atoms with E-state index in [4.69, 9.17) is 0 Å². The summed E-state index contributed by atoms with van der Waals surface area (Å²) in [4.78, 5) is 4.16. The number of allylic oxidation sites excluding steroid dienone is 2. The molecule has 1 heterocycles. The average molecular weight is 315 g/mol. The molecular weight excluding hydrogens is 290 g/mol. The van der Waals surface area contributed by atoms with Crippen molar-refractivity contribution in [2.45, 2.75) is 39.0 Å². The topological polar surface area (TPSA) is 12.4 Å². The van der Waals surface area contributed by atoms with Crippen molar-refractivity contribution in [2.75, 3.05) is 0 Å². The molecule has 0 spiro atoms.